The van der Waals surface area contributed by atoms with Crippen molar-refractivity contribution in [1.29, 1.82) is 0 Å². The van der Waals surface area contributed by atoms with Gasteiger partial charge in [0.15, 0.2) is 0 Å². The van der Waals surface area contributed by atoms with Crippen molar-refractivity contribution >= 4 is 63.0 Å². The third-order valence-corrected chi connectivity index (χ3v) is 7.57. The molecule has 1 fully saturated rings. The number of benzene rings is 3. The summed E-state index contributed by atoms with van der Waals surface area (Å²) in [5, 5.41) is 0.600. The monoisotopic (exact) mass is 490 g/mol. The highest BCUT2D eigenvalue weighted by atomic mass is 35.5. The number of nitrogens with zero attached hydrogens (tertiary/aromatic N) is 2. The van der Waals surface area contributed by atoms with Crippen LogP contribution in [-0.4, -0.2) is 27.6 Å². The van der Waals surface area contributed by atoms with Crippen molar-refractivity contribution in [2.24, 2.45) is 0 Å². The minimum atomic E-state index is -0.210. The Bertz CT molecular complexity index is 1310. The van der Waals surface area contributed by atoms with Crippen molar-refractivity contribution in [3.05, 3.63) is 105 Å². The average Bonchev–Trinajstić information content (AvgIpc) is 3.26. The van der Waals surface area contributed by atoms with E-state index >= 15 is 0 Å². The van der Waals surface area contributed by atoms with Crippen LogP contribution in [0.25, 0.3) is 5.57 Å². The molecular formula is C26H19ClN2O2S2. The molecule has 0 spiro atoms. The predicted octanol–water partition coefficient (Wildman–Crippen LogP) is 5.70. The van der Waals surface area contributed by atoms with Crippen molar-refractivity contribution in [2.45, 2.75) is 13.0 Å². The van der Waals surface area contributed by atoms with E-state index in [0.29, 0.717) is 39.3 Å². The number of carbonyl (C=O) groups is 2. The second-order valence-electron chi connectivity index (χ2n) is 7.76. The van der Waals surface area contributed by atoms with Crippen LogP contribution in [0.5, 0.6) is 0 Å². The molecule has 2 aliphatic heterocycles. The Morgan fingerprint density at radius 3 is 2.30 bits per heavy atom. The molecule has 0 N–H and O–H groups in total. The number of para-hydroxylation sites is 1. The van der Waals surface area contributed by atoms with E-state index in [-0.39, 0.29) is 11.8 Å². The van der Waals surface area contributed by atoms with E-state index < -0.39 is 0 Å². The summed E-state index contributed by atoms with van der Waals surface area (Å²) in [5.41, 5.74) is 3.91. The highest BCUT2D eigenvalue weighted by Crippen LogP contribution is 2.45. The summed E-state index contributed by atoms with van der Waals surface area (Å²) < 4.78 is 0.480. The summed E-state index contributed by atoms with van der Waals surface area (Å²) in [7, 11) is 0. The normalized spacial score (nSPS) is 17.8. The molecule has 0 aromatic heterocycles. The molecule has 2 amide bonds. The minimum Gasteiger partial charge on any atom is -0.303 e. The maximum Gasteiger partial charge on any atom is 0.267 e. The maximum atomic E-state index is 13.6. The minimum absolute atomic E-state index is 0.209. The first-order valence-electron chi connectivity index (χ1n) is 10.5. The van der Waals surface area contributed by atoms with Crippen LogP contribution in [0.3, 0.4) is 0 Å². The zero-order valence-electron chi connectivity index (χ0n) is 17.5. The van der Waals surface area contributed by atoms with Gasteiger partial charge >= 0.3 is 0 Å². The smallest absolute Gasteiger partial charge is 0.267 e. The molecule has 2 aliphatic rings. The fourth-order valence-electron chi connectivity index (χ4n) is 4.08. The number of hydrogen-bond acceptors (Lipinski definition) is 4. The molecule has 0 bridgehead atoms. The van der Waals surface area contributed by atoms with Gasteiger partial charge in [-0.15, -0.1) is 0 Å². The zero-order chi connectivity index (χ0) is 22.9. The van der Waals surface area contributed by atoms with E-state index in [4.69, 9.17) is 23.8 Å². The Hall–Kier alpha value is -2.93. The molecule has 33 heavy (non-hydrogen) atoms. The van der Waals surface area contributed by atoms with Crippen LogP contribution in [0, 0.1) is 0 Å². The van der Waals surface area contributed by atoms with E-state index in [1.165, 1.54) is 11.8 Å². The lowest BCUT2D eigenvalue weighted by Gasteiger charge is -2.18. The third-order valence-electron chi connectivity index (χ3n) is 5.75. The summed E-state index contributed by atoms with van der Waals surface area (Å²) >= 11 is 13.1. The number of thioether (sulfide) groups is 1. The summed E-state index contributed by atoms with van der Waals surface area (Å²) in [6.45, 7) is 0.804. The number of hydrogen-bond donors (Lipinski definition) is 0. The Morgan fingerprint density at radius 1 is 0.818 bits per heavy atom. The van der Waals surface area contributed by atoms with Gasteiger partial charge in [0, 0.05) is 17.1 Å². The van der Waals surface area contributed by atoms with Gasteiger partial charge in [0.2, 0.25) is 0 Å². The standard InChI is InChI=1S/C26H19ClN2O2S2/c27-20-12-6-4-10-18(20)16-29-21-13-7-5-11-19(21)22(24(29)30)23-25(31)28(26(32)33-23)15-14-17-8-2-1-3-9-17/h1-13H,14-16H2/b23-22+. The number of rotatable bonds is 5. The van der Waals surface area contributed by atoms with Crippen LogP contribution < -0.4 is 4.90 Å². The molecule has 2 heterocycles. The van der Waals surface area contributed by atoms with Crippen molar-refractivity contribution in [3.8, 4) is 0 Å². The highest BCUT2D eigenvalue weighted by molar-refractivity contribution is 8.26. The average molecular weight is 491 g/mol. The molecule has 3 aromatic carbocycles. The topological polar surface area (TPSA) is 40.6 Å². The van der Waals surface area contributed by atoms with Crippen LogP contribution in [0.4, 0.5) is 5.69 Å². The van der Waals surface area contributed by atoms with E-state index in [2.05, 4.69) is 0 Å². The Labute approximate surface area is 206 Å². The van der Waals surface area contributed by atoms with Gasteiger partial charge in [-0.25, -0.2) is 0 Å². The molecule has 0 atom stereocenters. The molecule has 0 saturated carbocycles. The zero-order valence-corrected chi connectivity index (χ0v) is 19.9. The summed E-state index contributed by atoms with van der Waals surface area (Å²) in [6, 6.07) is 25.0. The van der Waals surface area contributed by atoms with Gasteiger partial charge in [0.05, 0.1) is 22.7 Å². The molecular weight excluding hydrogens is 472 g/mol. The molecule has 164 valence electrons. The van der Waals surface area contributed by atoms with Crippen LogP contribution in [-0.2, 0) is 22.6 Å². The van der Waals surface area contributed by atoms with Gasteiger partial charge < -0.3 is 4.90 Å². The first-order valence-corrected chi connectivity index (χ1v) is 12.1. The first kappa shape index (κ1) is 21.9. The Balaban J connectivity index is 1.47. The van der Waals surface area contributed by atoms with Crippen LogP contribution in [0.1, 0.15) is 16.7 Å². The van der Waals surface area contributed by atoms with Crippen molar-refractivity contribution in [1.82, 2.24) is 4.90 Å². The van der Waals surface area contributed by atoms with Crippen molar-refractivity contribution in [2.75, 3.05) is 11.4 Å². The number of halogens is 1. The van der Waals surface area contributed by atoms with Crippen LogP contribution in [0.2, 0.25) is 5.02 Å². The van der Waals surface area contributed by atoms with Gasteiger partial charge in [-0.3, -0.25) is 14.5 Å². The third kappa shape index (κ3) is 4.10. The summed E-state index contributed by atoms with van der Waals surface area (Å²) in [6.07, 6.45) is 0.694. The molecule has 5 rings (SSSR count). The second-order valence-corrected chi connectivity index (χ2v) is 9.82. The van der Waals surface area contributed by atoms with Gasteiger partial charge in [-0.05, 0) is 29.7 Å². The number of amides is 2. The maximum absolute atomic E-state index is 13.6. The second kappa shape index (κ2) is 9.14. The molecule has 0 radical (unpaired) electrons. The fraction of sp³-hybridized carbons (Fsp3) is 0.115. The van der Waals surface area contributed by atoms with E-state index in [9.17, 15) is 9.59 Å². The van der Waals surface area contributed by atoms with Gasteiger partial charge in [-0.1, -0.05) is 102 Å². The van der Waals surface area contributed by atoms with Gasteiger partial charge in [-0.2, -0.15) is 0 Å². The van der Waals surface area contributed by atoms with Crippen LogP contribution >= 0.6 is 35.6 Å². The lowest BCUT2D eigenvalue weighted by atomic mass is 10.1. The quantitative estimate of drug-likeness (QED) is 0.340. The van der Waals surface area contributed by atoms with E-state index in [0.717, 1.165) is 22.4 Å². The lowest BCUT2D eigenvalue weighted by molar-refractivity contribution is -0.122. The van der Waals surface area contributed by atoms with Crippen molar-refractivity contribution < 1.29 is 9.59 Å². The lowest BCUT2D eigenvalue weighted by Crippen LogP contribution is -2.31. The number of anilines is 1. The summed E-state index contributed by atoms with van der Waals surface area (Å²) in [5.74, 6) is -0.418. The molecule has 0 aliphatic carbocycles. The Kier molecular flexibility index (Phi) is 6.06. The summed E-state index contributed by atoms with van der Waals surface area (Å²) in [4.78, 5) is 30.6. The molecule has 7 heteroatoms. The fourth-order valence-corrected chi connectivity index (χ4v) is 5.66. The van der Waals surface area contributed by atoms with Crippen molar-refractivity contribution in [3.63, 3.8) is 0 Å². The number of fused-ring (bicyclic) bond motifs is 1. The molecule has 4 nitrogen and oxygen atoms in total. The largest absolute Gasteiger partial charge is 0.303 e. The molecule has 0 unspecified atom stereocenters. The SMILES string of the molecule is O=C1/C(=C2\C(=O)N(Cc3ccccc3Cl)c3ccccc32)SC(=S)N1CCc1ccccc1. The molecule has 1 saturated heterocycles. The van der Waals surface area contributed by atoms with E-state index in [1.54, 1.807) is 9.80 Å². The number of carbonyl (C=O) groups excluding carboxylic acids is 2. The first-order chi connectivity index (χ1) is 16.0. The highest BCUT2D eigenvalue weighted by Gasteiger charge is 2.41. The molecule has 3 aromatic rings. The predicted molar refractivity (Wildman–Crippen MR) is 138 cm³/mol. The van der Waals surface area contributed by atoms with Crippen LogP contribution in [0.15, 0.2) is 83.8 Å². The van der Waals surface area contributed by atoms with Gasteiger partial charge in [0.25, 0.3) is 11.8 Å². The Morgan fingerprint density at radius 2 is 1.52 bits per heavy atom. The number of thiocarbonyl (C=S) groups is 1. The van der Waals surface area contributed by atoms with Gasteiger partial charge in [0.1, 0.15) is 4.32 Å². The van der Waals surface area contributed by atoms with E-state index in [1.807, 2.05) is 78.9 Å².